The van der Waals surface area contributed by atoms with Gasteiger partial charge < -0.3 is 21.3 Å². The molecule has 6 amide bonds. The lowest BCUT2D eigenvalue weighted by molar-refractivity contribution is -0.148. The number of urea groups is 2. The van der Waals surface area contributed by atoms with Crippen LogP contribution in [0.4, 0.5) is 9.59 Å². The predicted octanol–water partition coefficient (Wildman–Crippen LogP) is 2.86. The number of carbonyl (C=O) groups is 6. The first-order chi connectivity index (χ1) is 19.1. The summed E-state index contributed by atoms with van der Waals surface area (Å²) >= 11 is 0. The molecule has 0 aliphatic heterocycles. The first kappa shape index (κ1) is 29.0. The zero-order valence-corrected chi connectivity index (χ0v) is 21.3. The van der Waals surface area contributed by atoms with Crippen molar-refractivity contribution in [3.8, 4) is 0 Å². The summed E-state index contributed by atoms with van der Waals surface area (Å²) < 4.78 is 5.08. The van der Waals surface area contributed by atoms with Crippen LogP contribution in [0.1, 0.15) is 50.9 Å². The minimum absolute atomic E-state index is 0.0396. The summed E-state index contributed by atoms with van der Waals surface area (Å²) in [5, 5.41) is 9.83. The van der Waals surface area contributed by atoms with Crippen molar-refractivity contribution in [2.75, 3.05) is 6.61 Å². The fourth-order valence-corrected chi connectivity index (χ4v) is 4.04. The molecule has 12 heteroatoms. The van der Waals surface area contributed by atoms with Gasteiger partial charge in [-0.3, -0.25) is 9.59 Å². The van der Waals surface area contributed by atoms with E-state index in [1.807, 2.05) is 0 Å². The number of carbonyl (C=O) groups excluding carboxylic acids is 5. The van der Waals surface area contributed by atoms with E-state index < -0.39 is 47.9 Å². The molecule has 0 spiro atoms. The van der Waals surface area contributed by atoms with Crippen molar-refractivity contribution >= 4 is 35.8 Å². The van der Waals surface area contributed by atoms with Crippen molar-refractivity contribution in [3.05, 3.63) is 107 Å². The Morgan fingerprint density at radius 1 is 0.700 bits per heavy atom. The summed E-state index contributed by atoms with van der Waals surface area (Å²) in [5.74, 6) is -4.60. The van der Waals surface area contributed by atoms with Crippen LogP contribution in [-0.2, 0) is 14.3 Å². The van der Waals surface area contributed by atoms with Crippen molar-refractivity contribution in [1.82, 2.24) is 9.80 Å². The number of hydrogen-bond acceptors (Lipinski definition) is 7. The van der Waals surface area contributed by atoms with E-state index in [1.165, 1.54) is 54.6 Å². The van der Waals surface area contributed by atoms with E-state index in [0.717, 1.165) is 6.07 Å². The van der Waals surface area contributed by atoms with E-state index in [9.17, 15) is 33.9 Å². The van der Waals surface area contributed by atoms with Crippen LogP contribution in [0.2, 0.25) is 0 Å². The van der Waals surface area contributed by atoms with Gasteiger partial charge in [0.15, 0.2) is 12.1 Å². The first-order valence-corrected chi connectivity index (χ1v) is 11.9. The third kappa shape index (κ3) is 6.30. The molecule has 0 aliphatic carbocycles. The number of aliphatic carboxylic acids is 1. The molecule has 0 fully saturated rings. The molecule has 0 aliphatic rings. The van der Waals surface area contributed by atoms with Gasteiger partial charge in [0.05, 0.1) is 6.61 Å². The smallest absolute Gasteiger partial charge is 0.334 e. The van der Waals surface area contributed by atoms with E-state index in [4.69, 9.17) is 16.2 Å². The molecule has 3 aromatic carbocycles. The Morgan fingerprint density at radius 3 is 1.52 bits per heavy atom. The topological polar surface area (TPSA) is 190 Å². The highest BCUT2D eigenvalue weighted by Gasteiger charge is 2.38. The van der Waals surface area contributed by atoms with Crippen LogP contribution in [0.15, 0.2) is 84.9 Å². The molecule has 0 bridgehead atoms. The zero-order chi connectivity index (χ0) is 29.4. The fourth-order valence-electron chi connectivity index (χ4n) is 4.04. The van der Waals surface area contributed by atoms with E-state index in [0.29, 0.717) is 9.80 Å². The highest BCUT2D eigenvalue weighted by Crippen LogP contribution is 2.27. The summed E-state index contributed by atoms with van der Waals surface area (Å²) in [5.41, 5.74) is 10.7. The number of ether oxygens (including phenoxy) is 1. The molecular weight excluding hydrogens is 520 g/mol. The van der Waals surface area contributed by atoms with Gasteiger partial charge in [-0.15, -0.1) is 0 Å². The third-order valence-corrected chi connectivity index (χ3v) is 5.76. The molecule has 206 valence electrons. The minimum Gasteiger partial charge on any atom is -0.479 e. The number of esters is 1. The van der Waals surface area contributed by atoms with E-state index >= 15 is 0 Å². The van der Waals surface area contributed by atoms with Crippen molar-refractivity contribution in [1.29, 1.82) is 0 Å². The van der Waals surface area contributed by atoms with Crippen molar-refractivity contribution < 1.29 is 38.6 Å². The van der Waals surface area contributed by atoms with Crippen LogP contribution in [0, 0.1) is 0 Å². The Kier molecular flexibility index (Phi) is 9.31. The van der Waals surface area contributed by atoms with Gasteiger partial charge >= 0.3 is 24.0 Å². The molecule has 0 aromatic heterocycles. The standard InChI is InChI=1S/C28H26N4O8/c1-2-40-26(37)22(18-12-7-4-8-13-18)32(28(30)39)24(34)20-15-9-14-19(16-20)23(33)31(27(29)38)21(25(35)36)17-10-5-3-6-11-17/h3-16,21-22H,2H2,1H3,(H2,29,38)(H2,30,39)(H,35,36). The molecule has 5 N–H and O–H groups in total. The lowest BCUT2D eigenvalue weighted by atomic mass is 10.0. The lowest BCUT2D eigenvalue weighted by Gasteiger charge is -2.28. The minimum atomic E-state index is -1.76. The quantitative estimate of drug-likeness (QED) is 0.341. The largest absolute Gasteiger partial charge is 0.479 e. The van der Waals surface area contributed by atoms with Crippen molar-refractivity contribution in [2.45, 2.75) is 19.0 Å². The van der Waals surface area contributed by atoms with Crippen LogP contribution in [0.5, 0.6) is 0 Å². The summed E-state index contributed by atoms with van der Waals surface area (Å²) in [7, 11) is 0. The second-order valence-corrected chi connectivity index (χ2v) is 8.32. The van der Waals surface area contributed by atoms with Crippen molar-refractivity contribution in [3.63, 3.8) is 0 Å². The molecule has 3 aromatic rings. The molecule has 0 radical (unpaired) electrons. The van der Waals surface area contributed by atoms with Gasteiger partial charge in [-0.05, 0) is 36.2 Å². The number of carboxylic acids is 1. The summed E-state index contributed by atoms with van der Waals surface area (Å²) in [4.78, 5) is 77.5. The second-order valence-electron chi connectivity index (χ2n) is 8.32. The van der Waals surface area contributed by atoms with Gasteiger partial charge in [-0.2, -0.15) is 0 Å². The van der Waals surface area contributed by atoms with E-state index in [1.54, 1.807) is 31.2 Å². The number of hydrogen-bond donors (Lipinski definition) is 3. The second kappa shape index (κ2) is 12.8. The van der Waals surface area contributed by atoms with Crippen LogP contribution >= 0.6 is 0 Å². The number of primary amides is 2. The van der Waals surface area contributed by atoms with Gasteiger partial charge in [-0.25, -0.2) is 29.0 Å². The van der Waals surface area contributed by atoms with Crippen LogP contribution in [0.25, 0.3) is 0 Å². The maximum atomic E-state index is 13.6. The van der Waals surface area contributed by atoms with E-state index in [2.05, 4.69) is 0 Å². The average molecular weight is 547 g/mol. The normalized spacial score (nSPS) is 11.9. The van der Waals surface area contributed by atoms with Gasteiger partial charge in [0.1, 0.15) is 0 Å². The van der Waals surface area contributed by atoms with Gasteiger partial charge in [0.2, 0.25) is 0 Å². The number of nitrogens with two attached hydrogens (primary N) is 2. The molecule has 40 heavy (non-hydrogen) atoms. The molecule has 0 saturated carbocycles. The molecule has 0 saturated heterocycles. The molecule has 0 heterocycles. The van der Waals surface area contributed by atoms with E-state index in [-0.39, 0.29) is 28.9 Å². The summed E-state index contributed by atoms with van der Waals surface area (Å²) in [6.45, 7) is 1.51. The Bertz CT molecular complexity index is 1430. The fraction of sp³-hybridized carbons (Fsp3) is 0.143. The number of benzene rings is 3. The van der Waals surface area contributed by atoms with Crippen molar-refractivity contribution in [2.24, 2.45) is 11.5 Å². The molecule has 12 nitrogen and oxygen atoms in total. The maximum absolute atomic E-state index is 13.6. The number of carboxylic acid groups (broad SMARTS) is 1. The molecule has 3 rings (SSSR count). The number of rotatable bonds is 9. The zero-order valence-electron chi connectivity index (χ0n) is 21.3. The van der Waals surface area contributed by atoms with Crippen LogP contribution < -0.4 is 11.5 Å². The SMILES string of the molecule is CCOC(=O)C(c1ccccc1)N(C(N)=O)C(=O)c1cccc(C(=O)N(C(N)=O)C(C(=O)O)c2ccccc2)c1. The van der Waals surface area contributed by atoms with Gasteiger partial charge in [-0.1, -0.05) is 66.7 Å². The molecular formula is C28H26N4O8. The number of nitrogens with zero attached hydrogens (tertiary/aromatic N) is 2. The predicted molar refractivity (Wildman–Crippen MR) is 141 cm³/mol. The third-order valence-electron chi connectivity index (χ3n) is 5.76. The summed E-state index contributed by atoms with van der Waals surface area (Å²) in [6, 6.07) is 14.2. The highest BCUT2D eigenvalue weighted by molar-refractivity contribution is 6.10. The Labute approximate surface area is 228 Å². The number of imide groups is 2. The Balaban J connectivity index is 2.05. The average Bonchev–Trinajstić information content (AvgIpc) is 2.94. The monoisotopic (exact) mass is 546 g/mol. The highest BCUT2D eigenvalue weighted by atomic mass is 16.5. The Hall–Kier alpha value is -5.52. The lowest BCUT2D eigenvalue weighted by Crippen LogP contribution is -2.47. The number of amides is 6. The maximum Gasteiger partial charge on any atom is 0.334 e. The summed E-state index contributed by atoms with van der Waals surface area (Å²) in [6.07, 6.45) is 0. The Morgan fingerprint density at radius 2 is 1.12 bits per heavy atom. The molecule has 2 unspecified atom stereocenters. The first-order valence-electron chi connectivity index (χ1n) is 11.9. The van der Waals surface area contributed by atoms with Gasteiger partial charge in [0, 0.05) is 11.1 Å². The molecule has 2 atom stereocenters. The van der Waals surface area contributed by atoms with Crippen LogP contribution in [0.3, 0.4) is 0 Å². The van der Waals surface area contributed by atoms with Gasteiger partial charge in [0.25, 0.3) is 11.8 Å². The van der Waals surface area contributed by atoms with Crippen LogP contribution in [-0.4, -0.2) is 57.3 Å².